The summed E-state index contributed by atoms with van der Waals surface area (Å²) in [6.07, 6.45) is -3.99. The van der Waals surface area contributed by atoms with Crippen molar-refractivity contribution >= 4 is 34.1 Å². The van der Waals surface area contributed by atoms with Crippen LogP contribution >= 0.6 is 0 Å². The summed E-state index contributed by atoms with van der Waals surface area (Å²) in [5.74, 6) is 0.201. The molecule has 1 fully saturated rings. The van der Waals surface area contributed by atoms with E-state index < -0.39 is 36.2 Å². The molecule has 1 saturated heterocycles. The van der Waals surface area contributed by atoms with Crippen molar-refractivity contribution < 1.29 is 23.1 Å². The van der Waals surface area contributed by atoms with E-state index >= 15 is 0 Å². The van der Waals surface area contributed by atoms with Crippen LogP contribution < -0.4 is 9.03 Å². The summed E-state index contributed by atoms with van der Waals surface area (Å²) in [6, 6.07) is -0.0737. The van der Waals surface area contributed by atoms with Crippen molar-refractivity contribution in [1.82, 2.24) is 14.9 Å². The van der Waals surface area contributed by atoms with Crippen LogP contribution in [0.3, 0.4) is 0 Å². The molecule has 0 bridgehead atoms. The predicted octanol–water partition coefficient (Wildman–Crippen LogP) is 2.84. The minimum atomic E-state index is -4.46. The van der Waals surface area contributed by atoms with Gasteiger partial charge in [-0.05, 0) is 0 Å². The van der Waals surface area contributed by atoms with Crippen molar-refractivity contribution in [2.75, 3.05) is 18.4 Å². The van der Waals surface area contributed by atoms with Crippen molar-refractivity contribution in [2.24, 2.45) is 5.92 Å². The molecule has 1 aromatic heterocycles. The molecule has 0 radical (unpaired) electrons. The molecule has 2 N–H and O–H groups in total. The standard InChI is InChI=1S/C12H14F3N4O2.3CH3.Sn/c1-7-6-19(11(20)21)3-2-9(7)18-10-16-4-8(5-17-10)12(13,14)15;;;;/h4,7,9H,2-3,6H2,1H3,(H,20,21)(H,16,17,18);3*1H3;/t7-,9+;;;;/m1..../s1. The second-order valence-corrected chi connectivity index (χ2v) is 21.6. The molecule has 0 aliphatic carbocycles. The van der Waals surface area contributed by atoms with Crippen LogP contribution in [0.15, 0.2) is 6.20 Å². The number of aromatic nitrogens is 2. The Labute approximate surface area is 148 Å². The van der Waals surface area contributed by atoms with Gasteiger partial charge in [-0.3, -0.25) is 0 Å². The second-order valence-electron chi connectivity index (χ2n) is 7.45. The molecule has 2 atom stereocenters. The first-order valence-corrected chi connectivity index (χ1v) is 18.1. The van der Waals surface area contributed by atoms with Crippen LogP contribution in [0.4, 0.5) is 23.9 Å². The number of piperidine rings is 1. The predicted molar refractivity (Wildman–Crippen MR) is 90.8 cm³/mol. The van der Waals surface area contributed by atoms with Gasteiger partial charge in [-0.25, -0.2) is 0 Å². The fraction of sp³-hybridized carbons (Fsp3) is 0.667. The molecule has 0 saturated carbocycles. The van der Waals surface area contributed by atoms with Crippen molar-refractivity contribution in [3.63, 3.8) is 0 Å². The molecule has 1 aliphatic rings. The van der Waals surface area contributed by atoms with Crippen molar-refractivity contribution in [3.8, 4) is 0 Å². The van der Waals surface area contributed by atoms with Crippen molar-refractivity contribution in [2.45, 2.75) is 40.4 Å². The zero-order chi connectivity index (χ0) is 19.0. The number of carbonyl (C=O) groups is 1. The molecule has 140 valence electrons. The molecule has 0 unspecified atom stereocenters. The third kappa shape index (κ3) is 4.89. The van der Waals surface area contributed by atoms with Gasteiger partial charge in [0.15, 0.2) is 0 Å². The van der Waals surface area contributed by atoms with Gasteiger partial charge in [0.05, 0.1) is 0 Å². The van der Waals surface area contributed by atoms with Gasteiger partial charge >= 0.3 is 149 Å². The van der Waals surface area contributed by atoms with Crippen molar-refractivity contribution in [1.29, 1.82) is 0 Å². The molecule has 2 rings (SSSR count). The van der Waals surface area contributed by atoms with Crippen LogP contribution in [0.25, 0.3) is 0 Å². The van der Waals surface area contributed by atoms with E-state index in [2.05, 4.69) is 15.3 Å². The number of rotatable bonds is 3. The summed E-state index contributed by atoms with van der Waals surface area (Å²) in [6.45, 7) is 2.66. The first-order chi connectivity index (χ1) is 11.4. The SMILES string of the molecule is C[C@@H]1CN(C(=O)O)CC[C@@H]1Nc1ncc(C(F)(F)F)[c]([Sn]([CH3])([CH3])[CH3])n1. The van der Waals surface area contributed by atoms with Gasteiger partial charge < -0.3 is 0 Å². The van der Waals surface area contributed by atoms with Gasteiger partial charge in [-0.1, -0.05) is 0 Å². The van der Waals surface area contributed by atoms with E-state index in [0.717, 1.165) is 6.20 Å². The number of amides is 1. The Balaban J connectivity index is 2.22. The summed E-state index contributed by atoms with van der Waals surface area (Å²) < 4.78 is 39.8. The van der Waals surface area contributed by atoms with Gasteiger partial charge in [0.25, 0.3) is 0 Å². The van der Waals surface area contributed by atoms with E-state index in [9.17, 15) is 18.0 Å². The van der Waals surface area contributed by atoms with Crippen LogP contribution in [0.1, 0.15) is 18.9 Å². The fourth-order valence-corrected chi connectivity index (χ4v) is 7.08. The average molecular weight is 467 g/mol. The maximum absolute atomic E-state index is 13.2. The Morgan fingerprint density at radius 3 is 2.52 bits per heavy atom. The van der Waals surface area contributed by atoms with E-state index in [-0.39, 0.29) is 21.6 Å². The van der Waals surface area contributed by atoms with E-state index in [4.69, 9.17) is 5.11 Å². The van der Waals surface area contributed by atoms with Gasteiger partial charge in [0.1, 0.15) is 0 Å². The van der Waals surface area contributed by atoms with Gasteiger partial charge in [0.2, 0.25) is 0 Å². The van der Waals surface area contributed by atoms with Gasteiger partial charge in [0, 0.05) is 0 Å². The molecular weight excluding hydrogens is 444 g/mol. The van der Waals surface area contributed by atoms with E-state index in [1.165, 1.54) is 4.90 Å². The molecule has 1 aromatic rings. The molecule has 0 aromatic carbocycles. The summed E-state index contributed by atoms with van der Waals surface area (Å²) in [4.78, 5) is 26.1. The first kappa shape index (κ1) is 20.1. The number of carboxylic acid groups (broad SMARTS) is 1. The minimum absolute atomic E-state index is 0.0114. The van der Waals surface area contributed by atoms with Crippen LogP contribution in [-0.2, 0) is 6.18 Å². The maximum atomic E-state index is 13.2. The van der Waals surface area contributed by atoms with Crippen LogP contribution in [-0.4, -0.2) is 63.6 Å². The number of hydrogen-bond acceptors (Lipinski definition) is 4. The Kier molecular flexibility index (Phi) is 5.74. The number of hydrogen-bond donors (Lipinski definition) is 2. The normalized spacial score (nSPS) is 22.0. The number of likely N-dealkylation sites (tertiary alicyclic amines) is 1. The zero-order valence-corrected chi connectivity index (χ0v) is 17.5. The number of halogens is 3. The molecular formula is C15H23F3N4O2Sn. The van der Waals surface area contributed by atoms with E-state index in [1.807, 2.05) is 21.7 Å². The zero-order valence-electron chi connectivity index (χ0n) is 14.7. The molecule has 2 heterocycles. The number of nitrogens with one attached hydrogen (secondary N) is 1. The number of nitrogens with zero attached hydrogens (tertiary/aromatic N) is 3. The Hall–Kier alpha value is -1.26. The average Bonchev–Trinajstić information content (AvgIpc) is 2.47. The third-order valence-electron chi connectivity index (χ3n) is 4.29. The topological polar surface area (TPSA) is 78.4 Å². The molecule has 0 spiro atoms. The summed E-state index contributed by atoms with van der Waals surface area (Å²) in [5, 5.41) is 12.2. The molecule has 1 amide bonds. The quantitative estimate of drug-likeness (QED) is 0.670. The van der Waals surface area contributed by atoms with Gasteiger partial charge in [-0.15, -0.1) is 0 Å². The molecule has 6 nitrogen and oxygen atoms in total. The Morgan fingerprint density at radius 2 is 2.04 bits per heavy atom. The molecule has 1 aliphatic heterocycles. The Bertz CT molecular complexity index is 649. The van der Waals surface area contributed by atoms with E-state index in [1.54, 1.807) is 0 Å². The van der Waals surface area contributed by atoms with Gasteiger partial charge in [-0.2, -0.15) is 0 Å². The van der Waals surface area contributed by atoms with Crippen LogP contribution in [0.2, 0.25) is 14.8 Å². The molecule has 10 heteroatoms. The summed E-state index contributed by atoms with van der Waals surface area (Å²) in [7, 11) is 0. The number of anilines is 1. The fourth-order valence-electron chi connectivity index (χ4n) is 2.93. The Morgan fingerprint density at radius 1 is 1.40 bits per heavy atom. The van der Waals surface area contributed by atoms with E-state index in [0.29, 0.717) is 19.5 Å². The van der Waals surface area contributed by atoms with Crippen LogP contribution in [0.5, 0.6) is 0 Å². The summed E-state index contributed by atoms with van der Waals surface area (Å²) >= 11 is -3.11. The van der Waals surface area contributed by atoms with Crippen molar-refractivity contribution in [3.05, 3.63) is 11.8 Å². The second kappa shape index (κ2) is 7.16. The monoisotopic (exact) mass is 468 g/mol. The van der Waals surface area contributed by atoms with Crippen LogP contribution in [0, 0.1) is 5.92 Å². The summed E-state index contributed by atoms with van der Waals surface area (Å²) in [5.41, 5.74) is -0.741. The number of alkyl halides is 3. The molecule has 25 heavy (non-hydrogen) atoms. The first-order valence-electron chi connectivity index (χ1n) is 8.08. The third-order valence-corrected chi connectivity index (χ3v) is 9.44.